The normalized spacial score (nSPS) is 14.5. The average molecular weight is 360 g/mol. The average Bonchev–Trinajstić information content (AvgIpc) is 3.09. The van der Waals surface area contributed by atoms with Gasteiger partial charge in [0.25, 0.3) is 0 Å². The van der Waals surface area contributed by atoms with Gasteiger partial charge >= 0.3 is 5.63 Å². The lowest BCUT2D eigenvalue weighted by Gasteiger charge is -2.29. The van der Waals surface area contributed by atoms with Gasteiger partial charge in [0, 0.05) is 18.0 Å². The number of halogens is 1. The van der Waals surface area contributed by atoms with E-state index in [4.69, 9.17) is 25.2 Å². The molecule has 2 aromatic heterocycles. The van der Waals surface area contributed by atoms with E-state index in [1.807, 2.05) is 18.2 Å². The van der Waals surface area contributed by atoms with Gasteiger partial charge in [0.15, 0.2) is 0 Å². The molecule has 130 valence electrons. The van der Waals surface area contributed by atoms with Crippen LogP contribution in [0.2, 0.25) is 5.02 Å². The number of ether oxygens (including phenoxy) is 1. The summed E-state index contributed by atoms with van der Waals surface area (Å²) < 4.78 is 16.8. The van der Waals surface area contributed by atoms with Gasteiger partial charge < -0.3 is 13.6 Å². The molecular formula is C19H18ClNO4. The topological polar surface area (TPSA) is 55.8 Å². The summed E-state index contributed by atoms with van der Waals surface area (Å²) in [4.78, 5) is 14.1. The van der Waals surface area contributed by atoms with E-state index in [0.29, 0.717) is 36.2 Å². The van der Waals surface area contributed by atoms with Crippen molar-refractivity contribution in [3.05, 3.63) is 62.9 Å². The SMILES string of the molecule is CCCc1cc(=O)oc2c3c(c(Cl)cc12)OCN(Cc1ccco1)C3. The van der Waals surface area contributed by atoms with Crippen molar-refractivity contribution in [2.24, 2.45) is 0 Å². The van der Waals surface area contributed by atoms with Crippen molar-refractivity contribution < 1.29 is 13.6 Å². The van der Waals surface area contributed by atoms with Crippen molar-refractivity contribution in [3.8, 4) is 5.75 Å². The first kappa shape index (κ1) is 16.2. The zero-order chi connectivity index (χ0) is 17.4. The highest BCUT2D eigenvalue weighted by molar-refractivity contribution is 6.33. The molecule has 5 nitrogen and oxygen atoms in total. The Labute approximate surface area is 149 Å². The monoisotopic (exact) mass is 359 g/mol. The largest absolute Gasteiger partial charge is 0.476 e. The molecule has 0 bridgehead atoms. The van der Waals surface area contributed by atoms with Crippen LogP contribution in [-0.2, 0) is 19.5 Å². The van der Waals surface area contributed by atoms with Gasteiger partial charge in [-0.2, -0.15) is 0 Å². The summed E-state index contributed by atoms with van der Waals surface area (Å²) >= 11 is 6.44. The molecular weight excluding hydrogens is 342 g/mol. The summed E-state index contributed by atoms with van der Waals surface area (Å²) in [5.74, 6) is 1.45. The first-order valence-corrected chi connectivity index (χ1v) is 8.69. The van der Waals surface area contributed by atoms with Gasteiger partial charge in [-0.05, 0) is 30.2 Å². The van der Waals surface area contributed by atoms with Crippen molar-refractivity contribution in [1.82, 2.24) is 4.90 Å². The van der Waals surface area contributed by atoms with Crippen LogP contribution in [0.5, 0.6) is 5.75 Å². The summed E-state index contributed by atoms with van der Waals surface area (Å²) in [6.45, 7) is 3.66. The van der Waals surface area contributed by atoms with Crippen LogP contribution in [0.4, 0.5) is 0 Å². The molecule has 0 unspecified atom stereocenters. The Morgan fingerprint density at radius 2 is 2.20 bits per heavy atom. The minimum atomic E-state index is -0.344. The third kappa shape index (κ3) is 3.05. The third-order valence-electron chi connectivity index (χ3n) is 4.37. The standard InChI is InChI=1S/C19H18ClNO4/c1-2-4-12-7-17(22)25-18-14(12)8-16(20)19-15(18)10-21(11-24-19)9-13-5-3-6-23-13/h3,5-8H,2,4,9-11H2,1H3. The molecule has 0 radical (unpaired) electrons. The van der Waals surface area contributed by atoms with Crippen molar-refractivity contribution in [3.63, 3.8) is 0 Å². The summed E-state index contributed by atoms with van der Waals surface area (Å²) in [5.41, 5.74) is 2.00. The maximum atomic E-state index is 12.0. The van der Waals surface area contributed by atoms with Crippen LogP contribution in [0.25, 0.3) is 11.0 Å². The number of nitrogens with zero attached hydrogens (tertiary/aromatic N) is 1. The van der Waals surface area contributed by atoms with Crippen molar-refractivity contribution in [2.75, 3.05) is 6.73 Å². The molecule has 0 fully saturated rings. The highest BCUT2D eigenvalue weighted by Gasteiger charge is 2.25. The lowest BCUT2D eigenvalue weighted by Crippen LogP contribution is -2.31. The molecule has 0 aliphatic carbocycles. The summed E-state index contributed by atoms with van der Waals surface area (Å²) in [6, 6.07) is 7.17. The lowest BCUT2D eigenvalue weighted by atomic mass is 10.0. The number of benzene rings is 1. The number of aryl methyl sites for hydroxylation is 1. The second kappa shape index (κ2) is 6.58. The summed E-state index contributed by atoms with van der Waals surface area (Å²) in [5, 5.41) is 1.43. The molecule has 1 aliphatic heterocycles. The summed E-state index contributed by atoms with van der Waals surface area (Å²) in [7, 11) is 0. The van der Waals surface area contributed by atoms with Crippen molar-refractivity contribution in [1.29, 1.82) is 0 Å². The molecule has 3 aromatic rings. The predicted molar refractivity (Wildman–Crippen MR) is 94.9 cm³/mol. The molecule has 0 N–H and O–H groups in total. The first-order valence-electron chi connectivity index (χ1n) is 8.31. The Bertz CT molecular complexity index is 962. The fourth-order valence-corrected chi connectivity index (χ4v) is 3.58. The Morgan fingerprint density at radius 3 is 2.96 bits per heavy atom. The van der Waals surface area contributed by atoms with Crippen LogP contribution < -0.4 is 10.4 Å². The third-order valence-corrected chi connectivity index (χ3v) is 4.65. The molecule has 3 heterocycles. The Kier molecular flexibility index (Phi) is 4.27. The maximum absolute atomic E-state index is 12.0. The molecule has 6 heteroatoms. The van der Waals surface area contributed by atoms with Gasteiger partial charge in [-0.1, -0.05) is 24.9 Å². The van der Waals surface area contributed by atoms with Crippen LogP contribution in [0, 0.1) is 0 Å². The molecule has 0 saturated carbocycles. The van der Waals surface area contributed by atoms with E-state index in [1.165, 1.54) is 0 Å². The molecule has 4 rings (SSSR count). The molecule has 1 aliphatic rings. The van der Waals surface area contributed by atoms with E-state index in [1.54, 1.807) is 12.3 Å². The van der Waals surface area contributed by atoms with E-state index in [2.05, 4.69) is 11.8 Å². The summed E-state index contributed by atoms with van der Waals surface area (Å²) in [6.07, 6.45) is 3.39. The van der Waals surface area contributed by atoms with Gasteiger partial charge in [0.2, 0.25) is 0 Å². The zero-order valence-electron chi connectivity index (χ0n) is 13.9. The quantitative estimate of drug-likeness (QED) is 0.648. The maximum Gasteiger partial charge on any atom is 0.336 e. The molecule has 0 amide bonds. The van der Waals surface area contributed by atoms with Crippen LogP contribution in [-0.4, -0.2) is 11.6 Å². The fourth-order valence-electron chi connectivity index (χ4n) is 3.30. The van der Waals surface area contributed by atoms with Gasteiger partial charge in [0.05, 0.1) is 23.4 Å². The van der Waals surface area contributed by atoms with E-state index in [9.17, 15) is 4.79 Å². The Hall–Kier alpha value is -2.24. The molecule has 0 spiro atoms. The van der Waals surface area contributed by atoms with E-state index >= 15 is 0 Å². The minimum absolute atomic E-state index is 0.344. The first-order chi connectivity index (χ1) is 12.2. The van der Waals surface area contributed by atoms with Gasteiger partial charge in [-0.25, -0.2) is 4.79 Å². The fraction of sp³-hybridized carbons (Fsp3) is 0.316. The number of hydrogen-bond donors (Lipinski definition) is 0. The number of furan rings is 1. The molecule has 1 aromatic carbocycles. The lowest BCUT2D eigenvalue weighted by molar-refractivity contribution is 0.0827. The van der Waals surface area contributed by atoms with Crippen molar-refractivity contribution in [2.45, 2.75) is 32.9 Å². The smallest absolute Gasteiger partial charge is 0.336 e. The second-order valence-electron chi connectivity index (χ2n) is 6.22. The highest BCUT2D eigenvalue weighted by Crippen LogP contribution is 2.39. The molecule has 0 atom stereocenters. The van der Waals surface area contributed by atoms with Gasteiger partial charge in [-0.15, -0.1) is 0 Å². The second-order valence-corrected chi connectivity index (χ2v) is 6.63. The van der Waals surface area contributed by atoms with Crippen LogP contribution >= 0.6 is 11.6 Å². The van der Waals surface area contributed by atoms with E-state index in [-0.39, 0.29) is 5.63 Å². The van der Waals surface area contributed by atoms with Crippen LogP contribution in [0.15, 0.2) is 44.2 Å². The minimum Gasteiger partial charge on any atom is -0.476 e. The number of fused-ring (bicyclic) bond motifs is 3. The molecule has 0 saturated heterocycles. The Morgan fingerprint density at radius 1 is 1.32 bits per heavy atom. The number of rotatable bonds is 4. The van der Waals surface area contributed by atoms with Crippen LogP contribution in [0.3, 0.4) is 0 Å². The van der Waals surface area contributed by atoms with Gasteiger partial charge in [0.1, 0.15) is 23.8 Å². The van der Waals surface area contributed by atoms with Gasteiger partial charge in [-0.3, -0.25) is 4.90 Å². The van der Waals surface area contributed by atoms with E-state index in [0.717, 1.165) is 35.1 Å². The highest BCUT2D eigenvalue weighted by atomic mass is 35.5. The van der Waals surface area contributed by atoms with E-state index < -0.39 is 0 Å². The zero-order valence-corrected chi connectivity index (χ0v) is 14.6. The van der Waals surface area contributed by atoms with Crippen molar-refractivity contribution >= 4 is 22.6 Å². The van der Waals surface area contributed by atoms with Crippen LogP contribution in [0.1, 0.15) is 30.2 Å². The predicted octanol–water partition coefficient (Wildman–Crippen LogP) is 4.34. The molecule has 25 heavy (non-hydrogen) atoms. The number of hydrogen-bond acceptors (Lipinski definition) is 5. The Balaban J connectivity index is 1.80.